The van der Waals surface area contributed by atoms with Crippen LogP contribution in [0.3, 0.4) is 0 Å². The maximum atomic E-state index is 14.1. The first kappa shape index (κ1) is 26.5. The molecule has 2 aromatic rings. The first-order valence-electron chi connectivity index (χ1n) is 14.6. The second-order valence-corrected chi connectivity index (χ2v) is 11.6. The number of amides is 3. The minimum atomic E-state index is -0.922. The van der Waals surface area contributed by atoms with Crippen molar-refractivity contribution in [3.63, 3.8) is 0 Å². The Morgan fingerprint density at radius 1 is 0.975 bits per heavy atom. The van der Waals surface area contributed by atoms with Crippen molar-refractivity contribution in [2.24, 2.45) is 17.3 Å². The molecule has 8 heteroatoms. The minimum absolute atomic E-state index is 0.0515. The molecule has 2 saturated heterocycles. The van der Waals surface area contributed by atoms with Crippen molar-refractivity contribution in [1.82, 2.24) is 14.7 Å². The van der Waals surface area contributed by atoms with Crippen molar-refractivity contribution in [1.29, 1.82) is 0 Å². The van der Waals surface area contributed by atoms with Crippen LogP contribution in [-0.2, 0) is 30.5 Å². The fourth-order valence-corrected chi connectivity index (χ4v) is 6.79. The highest BCUT2D eigenvalue weighted by Crippen LogP contribution is 2.52. The SMILES string of the molecule is CCOC(=O)[C@]12CCC=C1N(Cc1cccc3ccccc13)C(=O)[C@H](CC(=O)N1CCN(C(=O)C3CC3)CC1)C2. The predicted octanol–water partition coefficient (Wildman–Crippen LogP) is 3.89. The van der Waals surface area contributed by atoms with E-state index in [-0.39, 0.29) is 49.1 Å². The van der Waals surface area contributed by atoms with Gasteiger partial charge in [0.15, 0.2) is 0 Å². The number of hydrogen-bond acceptors (Lipinski definition) is 5. The maximum absolute atomic E-state index is 14.1. The third kappa shape index (κ3) is 4.78. The van der Waals surface area contributed by atoms with E-state index >= 15 is 0 Å². The number of ether oxygens (including phenoxy) is 1. The van der Waals surface area contributed by atoms with Gasteiger partial charge in [0.1, 0.15) is 5.41 Å². The van der Waals surface area contributed by atoms with Gasteiger partial charge in [0.2, 0.25) is 17.7 Å². The van der Waals surface area contributed by atoms with E-state index in [0.29, 0.717) is 45.6 Å². The van der Waals surface area contributed by atoms with Gasteiger partial charge in [0.05, 0.1) is 13.2 Å². The highest BCUT2D eigenvalue weighted by atomic mass is 16.5. The van der Waals surface area contributed by atoms with Gasteiger partial charge in [-0.25, -0.2) is 0 Å². The van der Waals surface area contributed by atoms with Crippen molar-refractivity contribution in [3.8, 4) is 0 Å². The molecule has 1 saturated carbocycles. The molecule has 0 unspecified atom stereocenters. The zero-order valence-corrected chi connectivity index (χ0v) is 23.1. The molecule has 8 nitrogen and oxygen atoms in total. The number of piperazine rings is 1. The fourth-order valence-electron chi connectivity index (χ4n) is 6.79. The summed E-state index contributed by atoms with van der Waals surface area (Å²) in [6.07, 6.45) is 5.54. The van der Waals surface area contributed by atoms with Gasteiger partial charge in [0.25, 0.3) is 0 Å². The second kappa shape index (κ2) is 10.7. The standard InChI is InChI=1S/C32H37N3O5/c1-2-40-31(39)32-14-6-11-27(32)35(21-24-9-5-8-22-7-3-4-10-26(22)24)30(38)25(20-32)19-28(36)33-15-17-34(18-16-33)29(37)23-12-13-23/h3-5,7-11,23,25H,2,6,12-21H2,1H3/t25-,32+/m1/s1. The number of piperidine rings is 1. The Hall–Kier alpha value is -3.68. The third-order valence-electron chi connectivity index (χ3n) is 9.07. The zero-order valence-electron chi connectivity index (χ0n) is 23.1. The maximum Gasteiger partial charge on any atom is 0.318 e. The monoisotopic (exact) mass is 543 g/mol. The lowest BCUT2D eigenvalue weighted by atomic mass is 9.71. The quantitative estimate of drug-likeness (QED) is 0.495. The molecule has 3 fully saturated rings. The third-order valence-corrected chi connectivity index (χ3v) is 9.07. The molecule has 6 rings (SSSR count). The van der Waals surface area contributed by atoms with Gasteiger partial charge in [-0.3, -0.25) is 19.2 Å². The van der Waals surface area contributed by atoms with Gasteiger partial charge >= 0.3 is 5.97 Å². The Labute approximate surface area is 234 Å². The first-order chi connectivity index (χ1) is 19.4. The van der Waals surface area contributed by atoms with Crippen LogP contribution in [0.4, 0.5) is 0 Å². The molecule has 2 aliphatic carbocycles. The molecule has 210 valence electrons. The van der Waals surface area contributed by atoms with Gasteiger partial charge in [-0.1, -0.05) is 48.5 Å². The Bertz CT molecular complexity index is 1370. The number of fused-ring (bicyclic) bond motifs is 2. The Kier molecular flexibility index (Phi) is 7.11. The Balaban J connectivity index is 1.24. The van der Waals surface area contributed by atoms with Crippen LogP contribution in [0.5, 0.6) is 0 Å². The van der Waals surface area contributed by atoms with Crippen LogP contribution in [0, 0.1) is 17.3 Å². The highest BCUT2D eigenvalue weighted by molar-refractivity contribution is 5.93. The summed E-state index contributed by atoms with van der Waals surface area (Å²) >= 11 is 0. The molecular weight excluding hydrogens is 506 g/mol. The summed E-state index contributed by atoms with van der Waals surface area (Å²) in [5.74, 6) is -0.756. The summed E-state index contributed by atoms with van der Waals surface area (Å²) in [6.45, 7) is 4.42. The lowest BCUT2D eigenvalue weighted by Gasteiger charge is -2.44. The van der Waals surface area contributed by atoms with E-state index in [9.17, 15) is 19.2 Å². The number of carbonyl (C=O) groups is 4. The van der Waals surface area contributed by atoms with Crippen LogP contribution in [-0.4, -0.2) is 71.2 Å². The molecule has 4 aliphatic rings. The molecule has 0 radical (unpaired) electrons. The van der Waals surface area contributed by atoms with Crippen LogP contribution in [0.1, 0.15) is 51.0 Å². The summed E-state index contributed by atoms with van der Waals surface area (Å²) in [6, 6.07) is 14.1. The lowest BCUT2D eigenvalue weighted by Crippen LogP contribution is -2.54. The summed E-state index contributed by atoms with van der Waals surface area (Å²) in [4.78, 5) is 58.9. The number of nitrogens with zero attached hydrogens (tertiary/aromatic N) is 3. The number of likely N-dealkylation sites (tertiary alicyclic amines) is 1. The molecule has 2 aliphatic heterocycles. The van der Waals surface area contributed by atoms with E-state index in [1.165, 1.54) is 0 Å². The number of hydrogen-bond donors (Lipinski definition) is 0. The number of benzene rings is 2. The van der Waals surface area contributed by atoms with E-state index in [0.717, 1.165) is 34.9 Å². The first-order valence-corrected chi connectivity index (χ1v) is 14.6. The molecule has 2 atom stereocenters. The van der Waals surface area contributed by atoms with E-state index in [4.69, 9.17) is 4.74 Å². The molecule has 0 spiro atoms. The van der Waals surface area contributed by atoms with Crippen molar-refractivity contribution in [2.75, 3.05) is 32.8 Å². The molecule has 0 aromatic heterocycles. The van der Waals surface area contributed by atoms with E-state index in [2.05, 4.69) is 6.07 Å². The van der Waals surface area contributed by atoms with Crippen LogP contribution >= 0.6 is 0 Å². The van der Waals surface area contributed by atoms with E-state index in [1.807, 2.05) is 47.4 Å². The van der Waals surface area contributed by atoms with Crippen molar-refractivity contribution in [3.05, 3.63) is 59.8 Å². The van der Waals surface area contributed by atoms with Gasteiger partial charge < -0.3 is 19.4 Å². The molecular formula is C32H37N3O5. The average Bonchev–Trinajstić information content (AvgIpc) is 3.74. The summed E-state index contributed by atoms with van der Waals surface area (Å²) in [5.41, 5.74) is 0.801. The summed E-state index contributed by atoms with van der Waals surface area (Å²) in [7, 11) is 0. The number of rotatable bonds is 7. The zero-order chi connectivity index (χ0) is 27.9. The van der Waals surface area contributed by atoms with Crippen molar-refractivity contribution >= 4 is 34.5 Å². The van der Waals surface area contributed by atoms with Crippen LogP contribution in [0.25, 0.3) is 10.8 Å². The van der Waals surface area contributed by atoms with E-state index in [1.54, 1.807) is 16.7 Å². The number of allylic oxidation sites excluding steroid dienone is 1. The smallest absolute Gasteiger partial charge is 0.318 e. The van der Waals surface area contributed by atoms with Crippen molar-refractivity contribution in [2.45, 2.75) is 52.0 Å². The van der Waals surface area contributed by atoms with Gasteiger partial charge in [-0.15, -0.1) is 0 Å². The average molecular weight is 544 g/mol. The topological polar surface area (TPSA) is 87.2 Å². The molecule has 0 N–H and O–H groups in total. The Morgan fingerprint density at radius 3 is 2.45 bits per heavy atom. The minimum Gasteiger partial charge on any atom is -0.465 e. The number of carbonyl (C=O) groups excluding carboxylic acids is 4. The van der Waals surface area contributed by atoms with Gasteiger partial charge in [-0.2, -0.15) is 0 Å². The molecule has 40 heavy (non-hydrogen) atoms. The molecule has 3 amide bonds. The van der Waals surface area contributed by atoms with Crippen LogP contribution in [0.15, 0.2) is 54.2 Å². The van der Waals surface area contributed by atoms with Crippen molar-refractivity contribution < 1.29 is 23.9 Å². The van der Waals surface area contributed by atoms with Crippen LogP contribution < -0.4 is 0 Å². The lowest BCUT2D eigenvalue weighted by molar-refractivity contribution is -0.161. The second-order valence-electron chi connectivity index (χ2n) is 11.6. The van der Waals surface area contributed by atoms with Crippen LogP contribution in [0.2, 0.25) is 0 Å². The highest BCUT2D eigenvalue weighted by Gasteiger charge is 2.55. The molecule has 0 bridgehead atoms. The summed E-state index contributed by atoms with van der Waals surface area (Å²) < 4.78 is 5.57. The Morgan fingerprint density at radius 2 is 1.70 bits per heavy atom. The van der Waals surface area contributed by atoms with Gasteiger partial charge in [0, 0.05) is 50.1 Å². The van der Waals surface area contributed by atoms with Gasteiger partial charge in [-0.05, 0) is 55.4 Å². The predicted molar refractivity (Wildman–Crippen MR) is 149 cm³/mol. The number of esters is 1. The molecule has 2 heterocycles. The van der Waals surface area contributed by atoms with E-state index < -0.39 is 11.3 Å². The normalized spacial score (nSPS) is 24.6. The summed E-state index contributed by atoms with van der Waals surface area (Å²) in [5, 5.41) is 2.16. The fraction of sp³-hybridized carbons (Fsp3) is 0.500. The largest absolute Gasteiger partial charge is 0.465 e. The molecule has 2 aromatic carbocycles.